The highest BCUT2D eigenvalue weighted by Gasteiger charge is 2.53. The van der Waals surface area contributed by atoms with Crippen molar-refractivity contribution in [2.75, 3.05) is 32.1 Å². The van der Waals surface area contributed by atoms with Gasteiger partial charge in [0.25, 0.3) is 0 Å². The number of likely N-dealkylation sites (tertiary alicyclic amines) is 1. The lowest BCUT2D eigenvalue weighted by molar-refractivity contribution is -0.0452. The highest BCUT2D eigenvalue weighted by Crippen LogP contribution is 2.50. The van der Waals surface area contributed by atoms with E-state index in [2.05, 4.69) is 68.9 Å². The average Bonchev–Trinajstić information content (AvgIpc) is 3.55. The normalized spacial score (nSPS) is 23.5. The first-order valence-electron chi connectivity index (χ1n) is 12.1. The van der Waals surface area contributed by atoms with Crippen LogP contribution in [-0.2, 0) is 23.4 Å². The summed E-state index contributed by atoms with van der Waals surface area (Å²) >= 11 is 0. The Morgan fingerprint density at radius 3 is 2.82 bits per heavy atom. The molecule has 7 heteroatoms. The monoisotopic (exact) mass is 447 g/mol. The minimum atomic E-state index is -0.204. The molecule has 3 aromatic rings. The molecule has 5 heterocycles. The number of aryl methyl sites for hydroxylation is 1. The molecule has 2 fully saturated rings. The van der Waals surface area contributed by atoms with E-state index in [1.807, 2.05) is 12.3 Å². The molecule has 1 aromatic carbocycles. The van der Waals surface area contributed by atoms with Gasteiger partial charge in [0.05, 0.1) is 42.6 Å². The fourth-order valence-electron chi connectivity index (χ4n) is 6.07. The molecule has 0 amide bonds. The minimum absolute atomic E-state index is 0.0718. The zero-order chi connectivity index (χ0) is 22.6. The number of aromatic nitrogens is 3. The van der Waals surface area contributed by atoms with Crippen LogP contribution in [0.25, 0.3) is 5.69 Å². The lowest BCUT2D eigenvalue weighted by Gasteiger charge is -2.41. The van der Waals surface area contributed by atoms with Gasteiger partial charge in [-0.15, -0.1) is 0 Å². The minimum Gasteiger partial charge on any atom is -0.497 e. The number of benzene rings is 1. The second-order valence-electron chi connectivity index (χ2n) is 9.85. The number of anilines is 1. The molecule has 1 atom stereocenters. The van der Waals surface area contributed by atoms with Gasteiger partial charge in [0.2, 0.25) is 0 Å². The second kappa shape index (κ2) is 7.64. The van der Waals surface area contributed by atoms with E-state index in [0.717, 1.165) is 56.9 Å². The number of hydrogen-bond acceptors (Lipinski definition) is 5. The van der Waals surface area contributed by atoms with Crippen molar-refractivity contribution in [3.8, 4) is 11.4 Å². The molecule has 3 aliphatic heterocycles. The average molecular weight is 448 g/mol. The van der Waals surface area contributed by atoms with E-state index >= 15 is 0 Å². The first-order chi connectivity index (χ1) is 16.0. The SMILES string of the molecule is CCn1ncc(CN2CCC3(CC2)CC2(CO3)Nc3cc(OC)ccc3-n3cccc32)c1C. The Bertz CT molecular complexity index is 1170. The zero-order valence-corrected chi connectivity index (χ0v) is 19.8. The highest BCUT2D eigenvalue weighted by atomic mass is 16.5. The molecule has 6 rings (SSSR count). The Balaban J connectivity index is 1.20. The van der Waals surface area contributed by atoms with Crippen molar-refractivity contribution >= 4 is 5.69 Å². The fourth-order valence-corrected chi connectivity index (χ4v) is 6.07. The molecule has 0 aliphatic carbocycles. The van der Waals surface area contributed by atoms with Crippen LogP contribution in [0.15, 0.2) is 42.7 Å². The summed E-state index contributed by atoms with van der Waals surface area (Å²) in [7, 11) is 1.72. The number of nitrogens with one attached hydrogen (secondary N) is 1. The molecule has 2 spiro atoms. The van der Waals surface area contributed by atoms with Gasteiger partial charge < -0.3 is 19.4 Å². The number of methoxy groups -OCH3 is 1. The number of rotatable bonds is 4. The number of piperidine rings is 1. The molecule has 33 heavy (non-hydrogen) atoms. The van der Waals surface area contributed by atoms with Crippen molar-refractivity contribution in [2.45, 2.75) is 57.3 Å². The summed E-state index contributed by atoms with van der Waals surface area (Å²) in [6, 6.07) is 10.6. The van der Waals surface area contributed by atoms with Crippen LogP contribution in [0.4, 0.5) is 5.69 Å². The van der Waals surface area contributed by atoms with E-state index in [0.29, 0.717) is 6.61 Å². The predicted octanol–water partition coefficient (Wildman–Crippen LogP) is 4.09. The van der Waals surface area contributed by atoms with Gasteiger partial charge in [-0.05, 0) is 51.0 Å². The summed E-state index contributed by atoms with van der Waals surface area (Å²) in [5, 5.41) is 8.40. The molecule has 2 saturated heterocycles. The third-order valence-electron chi connectivity index (χ3n) is 7.99. The first kappa shape index (κ1) is 20.8. The summed E-state index contributed by atoms with van der Waals surface area (Å²) in [5.74, 6) is 0.871. The van der Waals surface area contributed by atoms with Crippen LogP contribution in [0, 0.1) is 6.92 Å². The lowest BCUT2D eigenvalue weighted by Crippen LogP contribution is -2.46. The van der Waals surface area contributed by atoms with Crippen molar-refractivity contribution < 1.29 is 9.47 Å². The van der Waals surface area contributed by atoms with E-state index < -0.39 is 0 Å². The quantitative estimate of drug-likeness (QED) is 0.653. The Hall–Kier alpha value is -2.77. The third kappa shape index (κ3) is 3.28. The summed E-state index contributed by atoms with van der Waals surface area (Å²) < 4.78 is 16.6. The molecule has 1 unspecified atom stereocenters. The second-order valence-corrected chi connectivity index (χ2v) is 9.85. The molecule has 7 nitrogen and oxygen atoms in total. The number of nitrogens with zero attached hydrogens (tertiary/aromatic N) is 4. The van der Waals surface area contributed by atoms with Gasteiger partial charge in [0.15, 0.2) is 0 Å². The molecule has 174 valence electrons. The van der Waals surface area contributed by atoms with Crippen molar-refractivity contribution in [2.24, 2.45) is 0 Å². The van der Waals surface area contributed by atoms with Gasteiger partial charge in [-0.25, -0.2) is 0 Å². The van der Waals surface area contributed by atoms with Crippen molar-refractivity contribution in [1.29, 1.82) is 0 Å². The molecule has 2 aromatic heterocycles. The Kier molecular flexibility index (Phi) is 4.82. The van der Waals surface area contributed by atoms with Gasteiger partial charge >= 0.3 is 0 Å². The van der Waals surface area contributed by atoms with Crippen LogP contribution < -0.4 is 10.1 Å². The fraction of sp³-hybridized carbons (Fsp3) is 0.500. The number of hydrogen-bond donors (Lipinski definition) is 1. The lowest BCUT2D eigenvalue weighted by atomic mass is 9.79. The van der Waals surface area contributed by atoms with Crippen molar-refractivity contribution in [1.82, 2.24) is 19.2 Å². The molecule has 0 bridgehead atoms. The molecule has 0 radical (unpaired) electrons. The van der Waals surface area contributed by atoms with E-state index in [-0.39, 0.29) is 11.1 Å². The first-order valence-corrected chi connectivity index (χ1v) is 12.1. The van der Waals surface area contributed by atoms with Crippen LogP contribution in [0.5, 0.6) is 5.75 Å². The largest absolute Gasteiger partial charge is 0.497 e. The summed E-state index contributed by atoms with van der Waals surface area (Å²) in [5.41, 5.74) is 5.92. The maximum atomic E-state index is 6.67. The van der Waals surface area contributed by atoms with E-state index in [1.54, 1.807) is 7.11 Å². The van der Waals surface area contributed by atoms with Gasteiger partial charge in [-0.1, -0.05) is 0 Å². The van der Waals surface area contributed by atoms with Crippen LogP contribution in [-0.4, -0.2) is 51.7 Å². The van der Waals surface area contributed by atoms with Crippen LogP contribution >= 0.6 is 0 Å². The summed E-state index contributed by atoms with van der Waals surface area (Å²) in [6.45, 7) is 9.02. The Morgan fingerprint density at radius 2 is 2.06 bits per heavy atom. The summed E-state index contributed by atoms with van der Waals surface area (Å²) in [6.07, 6.45) is 7.30. The van der Waals surface area contributed by atoms with Crippen LogP contribution in [0.2, 0.25) is 0 Å². The Morgan fingerprint density at radius 1 is 1.21 bits per heavy atom. The van der Waals surface area contributed by atoms with Crippen LogP contribution in [0.3, 0.4) is 0 Å². The predicted molar refractivity (Wildman–Crippen MR) is 128 cm³/mol. The Labute approximate surface area is 195 Å². The van der Waals surface area contributed by atoms with Gasteiger partial charge in [-0.3, -0.25) is 9.58 Å². The standard InChI is InChI=1S/C26H33N5O2/c1-4-31-19(2)20(15-27-31)16-29-12-9-25(10-13-29)17-26(18-33-25)24-6-5-11-30(24)23-8-7-21(32-3)14-22(23)28-26/h5-8,11,14-15,28H,4,9-10,12-13,16-18H2,1-3H3. The van der Waals surface area contributed by atoms with Gasteiger partial charge in [0, 0.05) is 56.1 Å². The topological polar surface area (TPSA) is 56.5 Å². The smallest absolute Gasteiger partial charge is 0.121 e. The van der Waals surface area contributed by atoms with Crippen molar-refractivity contribution in [3.63, 3.8) is 0 Å². The highest BCUT2D eigenvalue weighted by molar-refractivity contribution is 5.69. The maximum absolute atomic E-state index is 6.67. The van der Waals surface area contributed by atoms with Gasteiger partial charge in [-0.2, -0.15) is 5.10 Å². The number of ether oxygens (including phenoxy) is 2. The van der Waals surface area contributed by atoms with E-state index in [1.165, 1.54) is 22.6 Å². The third-order valence-corrected chi connectivity index (χ3v) is 7.99. The molecular formula is C26H33N5O2. The molecular weight excluding hydrogens is 414 g/mol. The number of fused-ring (bicyclic) bond motifs is 4. The van der Waals surface area contributed by atoms with Gasteiger partial charge in [0.1, 0.15) is 11.3 Å². The molecule has 1 N–H and O–H groups in total. The molecule has 3 aliphatic rings. The van der Waals surface area contributed by atoms with Crippen molar-refractivity contribution in [3.05, 3.63) is 59.7 Å². The zero-order valence-electron chi connectivity index (χ0n) is 19.8. The van der Waals surface area contributed by atoms with Crippen LogP contribution in [0.1, 0.15) is 43.1 Å². The maximum Gasteiger partial charge on any atom is 0.121 e. The molecule has 0 saturated carbocycles. The van der Waals surface area contributed by atoms with E-state index in [4.69, 9.17) is 9.47 Å². The summed E-state index contributed by atoms with van der Waals surface area (Å²) in [4.78, 5) is 2.56. The van der Waals surface area contributed by atoms with E-state index in [9.17, 15) is 0 Å².